The molecular weight excluding hydrogens is 584 g/mol. The number of hydrogen-bond acceptors (Lipinski definition) is 4. The molecule has 38 heavy (non-hydrogen) atoms. The van der Waals surface area contributed by atoms with Crippen LogP contribution in [0.2, 0.25) is 0 Å². The lowest BCUT2D eigenvalue weighted by Gasteiger charge is -2.40. The van der Waals surface area contributed by atoms with Crippen molar-refractivity contribution in [1.29, 1.82) is 0 Å². The smallest absolute Gasteiger partial charge is 0.460 e. The van der Waals surface area contributed by atoms with Crippen LogP contribution in [0.3, 0.4) is 0 Å². The van der Waals surface area contributed by atoms with Crippen molar-refractivity contribution in [1.82, 2.24) is 0 Å². The Labute approximate surface area is 201 Å². The molecule has 0 aromatic heterocycles. The SMILES string of the molecule is CCOC(=O)C(C)=C(CC(F)(F)F)OC(=O)C(C)=CC(F)(C(F)(F)F)C(F)(F)C(F)(F)C(F)(F)C(F)(F)F. The minimum Gasteiger partial charge on any atom is -0.463 e. The van der Waals surface area contributed by atoms with E-state index < -0.39 is 89.9 Å². The highest BCUT2D eigenvalue weighted by atomic mass is 19.4. The van der Waals surface area contributed by atoms with Gasteiger partial charge in [0.15, 0.2) is 0 Å². The van der Waals surface area contributed by atoms with Gasteiger partial charge in [-0.3, -0.25) is 0 Å². The van der Waals surface area contributed by atoms with E-state index in [1.165, 1.54) is 0 Å². The van der Waals surface area contributed by atoms with E-state index in [1.807, 2.05) is 0 Å². The average molecular weight is 598 g/mol. The van der Waals surface area contributed by atoms with Crippen LogP contribution in [-0.2, 0) is 19.1 Å². The van der Waals surface area contributed by atoms with Crippen molar-refractivity contribution in [3.8, 4) is 0 Å². The number of carbonyl (C=O) groups is 2. The number of hydrogen-bond donors (Lipinski definition) is 0. The largest absolute Gasteiger partial charge is 0.463 e. The monoisotopic (exact) mass is 598 g/mol. The third-order valence-corrected chi connectivity index (χ3v) is 4.33. The highest BCUT2D eigenvalue weighted by molar-refractivity contribution is 5.91. The van der Waals surface area contributed by atoms with Crippen molar-refractivity contribution in [2.75, 3.05) is 6.61 Å². The molecule has 0 radical (unpaired) electrons. The van der Waals surface area contributed by atoms with Crippen LogP contribution < -0.4 is 0 Å². The van der Waals surface area contributed by atoms with Crippen LogP contribution in [0.15, 0.2) is 23.0 Å². The lowest BCUT2D eigenvalue weighted by molar-refractivity contribution is -0.425. The van der Waals surface area contributed by atoms with Crippen molar-refractivity contribution in [2.45, 2.75) is 69.2 Å². The highest BCUT2D eigenvalue weighted by Gasteiger charge is 2.89. The van der Waals surface area contributed by atoms with E-state index in [0.29, 0.717) is 6.92 Å². The molecule has 0 aromatic carbocycles. The summed E-state index contributed by atoms with van der Waals surface area (Å²) in [6.07, 6.45) is -24.6. The van der Waals surface area contributed by atoms with Gasteiger partial charge in [0.1, 0.15) is 12.2 Å². The van der Waals surface area contributed by atoms with E-state index in [1.54, 1.807) is 0 Å². The van der Waals surface area contributed by atoms with E-state index in [9.17, 15) is 79.8 Å². The molecule has 1 atom stereocenters. The van der Waals surface area contributed by atoms with Gasteiger partial charge in [-0.05, 0) is 26.8 Å². The van der Waals surface area contributed by atoms with Crippen molar-refractivity contribution >= 4 is 11.9 Å². The average Bonchev–Trinajstić information content (AvgIpc) is 2.69. The normalized spacial score (nSPS) is 17.0. The first-order valence-electron chi connectivity index (χ1n) is 9.32. The second kappa shape index (κ2) is 10.8. The molecule has 0 rings (SSSR count). The Hall–Kier alpha value is -2.70. The maximum atomic E-state index is 14.5. The van der Waals surface area contributed by atoms with E-state index in [-0.39, 0.29) is 6.92 Å². The molecule has 0 saturated heterocycles. The van der Waals surface area contributed by atoms with Crippen LogP contribution in [0.5, 0.6) is 0 Å². The summed E-state index contributed by atoms with van der Waals surface area (Å²) in [4.78, 5) is 23.5. The first kappa shape index (κ1) is 35.3. The molecule has 1 unspecified atom stereocenters. The van der Waals surface area contributed by atoms with Crippen molar-refractivity contribution < 1.29 is 89.3 Å². The van der Waals surface area contributed by atoms with E-state index in [4.69, 9.17) is 0 Å². The maximum Gasteiger partial charge on any atom is 0.460 e. The topological polar surface area (TPSA) is 52.6 Å². The van der Waals surface area contributed by atoms with Gasteiger partial charge < -0.3 is 9.47 Å². The predicted molar refractivity (Wildman–Crippen MR) is 90.6 cm³/mol. The third-order valence-electron chi connectivity index (χ3n) is 4.33. The van der Waals surface area contributed by atoms with Crippen LogP contribution >= 0.6 is 0 Å². The van der Waals surface area contributed by atoms with Gasteiger partial charge in [0.25, 0.3) is 5.67 Å². The Morgan fingerprint density at radius 1 is 0.658 bits per heavy atom. The van der Waals surface area contributed by atoms with Crippen molar-refractivity contribution in [3.05, 3.63) is 23.0 Å². The van der Waals surface area contributed by atoms with Crippen LogP contribution in [0, 0.1) is 0 Å². The number of halogens is 16. The number of alkyl halides is 16. The molecule has 0 bridgehead atoms. The Balaban J connectivity index is 6.89. The molecule has 0 aliphatic heterocycles. The van der Waals surface area contributed by atoms with Crippen LogP contribution in [0.25, 0.3) is 0 Å². The zero-order valence-corrected chi connectivity index (χ0v) is 18.7. The Morgan fingerprint density at radius 3 is 1.45 bits per heavy atom. The summed E-state index contributed by atoms with van der Waals surface area (Å²) in [5, 5.41) is 0. The summed E-state index contributed by atoms with van der Waals surface area (Å²) < 4.78 is 218. The molecule has 0 saturated carbocycles. The number of carbonyl (C=O) groups excluding carboxylic acids is 2. The van der Waals surface area contributed by atoms with Crippen molar-refractivity contribution in [2.24, 2.45) is 0 Å². The fourth-order valence-electron chi connectivity index (χ4n) is 2.28. The fourth-order valence-corrected chi connectivity index (χ4v) is 2.28. The molecule has 0 fully saturated rings. The lowest BCUT2D eigenvalue weighted by Crippen LogP contribution is -2.70. The van der Waals surface area contributed by atoms with Crippen LogP contribution in [-0.4, -0.2) is 60.5 Å². The fraction of sp³-hybridized carbons (Fsp3) is 0.667. The standard InChI is InChI=1S/C18H14F16O4/c1-4-37-11(36)8(3)9(6-13(20,21)22)38-10(35)7(2)5-12(19,17(29,30)31)14(23,24)15(25,26)16(27,28)18(32,33)34/h5H,4,6H2,1-3H3. The molecule has 4 nitrogen and oxygen atoms in total. The molecule has 0 aromatic rings. The highest BCUT2D eigenvalue weighted by Crippen LogP contribution is 2.60. The quantitative estimate of drug-likeness (QED) is 0.124. The molecule has 0 N–H and O–H groups in total. The third kappa shape index (κ3) is 6.83. The second-order valence-electron chi connectivity index (χ2n) is 7.21. The summed E-state index contributed by atoms with van der Waals surface area (Å²) in [6, 6.07) is 0. The number of esters is 2. The number of ether oxygens (including phenoxy) is 2. The number of rotatable bonds is 9. The Morgan fingerprint density at radius 2 is 1.11 bits per heavy atom. The molecule has 0 amide bonds. The second-order valence-corrected chi connectivity index (χ2v) is 7.21. The summed E-state index contributed by atoms with van der Waals surface area (Å²) in [5.74, 6) is -30.1. The van der Waals surface area contributed by atoms with Crippen molar-refractivity contribution in [3.63, 3.8) is 0 Å². The molecule has 0 spiro atoms. The van der Waals surface area contributed by atoms with Gasteiger partial charge in [-0.15, -0.1) is 0 Å². The van der Waals surface area contributed by atoms with E-state index in [0.717, 1.165) is 6.92 Å². The van der Waals surface area contributed by atoms with Gasteiger partial charge in [-0.2, -0.15) is 65.9 Å². The zero-order valence-electron chi connectivity index (χ0n) is 18.7. The molecule has 0 heterocycles. The molecule has 222 valence electrons. The van der Waals surface area contributed by atoms with Gasteiger partial charge >= 0.3 is 48.2 Å². The summed E-state index contributed by atoms with van der Waals surface area (Å²) in [6.45, 7) is 0.992. The predicted octanol–water partition coefficient (Wildman–Crippen LogP) is 7.00. The van der Waals surface area contributed by atoms with E-state index >= 15 is 0 Å². The van der Waals surface area contributed by atoms with Gasteiger partial charge in [0, 0.05) is 5.57 Å². The zero-order chi connectivity index (χ0) is 30.9. The Bertz CT molecular complexity index is 955. The molecule has 0 aliphatic rings. The molecule has 0 aliphatic carbocycles. The summed E-state index contributed by atoms with van der Waals surface area (Å²) in [5.41, 5.74) is -10.6. The summed E-state index contributed by atoms with van der Waals surface area (Å²) >= 11 is 0. The summed E-state index contributed by atoms with van der Waals surface area (Å²) in [7, 11) is 0. The molecular formula is C18H14F16O4. The first-order valence-corrected chi connectivity index (χ1v) is 9.32. The molecule has 20 heteroatoms. The van der Waals surface area contributed by atoms with Gasteiger partial charge in [-0.1, -0.05) is 0 Å². The minimum absolute atomic E-state index is 0.177. The van der Waals surface area contributed by atoms with Crippen LogP contribution in [0.4, 0.5) is 70.2 Å². The van der Waals surface area contributed by atoms with Crippen LogP contribution in [0.1, 0.15) is 27.2 Å². The number of allylic oxidation sites excluding steroid dienone is 2. The lowest BCUT2D eigenvalue weighted by atomic mass is 9.86. The Kier molecular flexibility index (Phi) is 10.0. The van der Waals surface area contributed by atoms with Gasteiger partial charge in [-0.25, -0.2) is 14.0 Å². The first-order chi connectivity index (χ1) is 16.5. The minimum atomic E-state index is -8.15. The van der Waals surface area contributed by atoms with Gasteiger partial charge in [0.2, 0.25) is 0 Å². The van der Waals surface area contributed by atoms with Gasteiger partial charge in [0.05, 0.1) is 12.2 Å². The van der Waals surface area contributed by atoms with E-state index in [2.05, 4.69) is 9.47 Å². The maximum absolute atomic E-state index is 14.5.